The Bertz CT molecular complexity index is 224. The minimum atomic E-state index is -2.95. The fourth-order valence-electron chi connectivity index (χ4n) is 1.08. The molecule has 0 saturated heterocycles. The van der Waals surface area contributed by atoms with Crippen LogP contribution in [0.1, 0.15) is 19.8 Å². The lowest BCUT2D eigenvalue weighted by Crippen LogP contribution is -2.35. The quantitative estimate of drug-likeness (QED) is 0.633. The Balaban J connectivity index is 4.27. The SMILES string of the molecule is CCC(CN)(CO)CCS(C)(=O)=O. The Labute approximate surface area is 80.1 Å². The van der Waals surface area contributed by atoms with Crippen molar-refractivity contribution in [1.29, 1.82) is 0 Å². The smallest absolute Gasteiger partial charge is 0.147 e. The lowest BCUT2D eigenvalue weighted by Gasteiger charge is -2.28. The third-order valence-electron chi connectivity index (χ3n) is 2.52. The van der Waals surface area contributed by atoms with Crippen LogP contribution in [-0.4, -0.2) is 38.7 Å². The highest BCUT2D eigenvalue weighted by Crippen LogP contribution is 2.24. The van der Waals surface area contributed by atoms with Gasteiger partial charge in [0.1, 0.15) is 9.84 Å². The maximum atomic E-state index is 10.9. The normalized spacial score (nSPS) is 16.9. The van der Waals surface area contributed by atoms with E-state index >= 15 is 0 Å². The van der Waals surface area contributed by atoms with Crippen LogP contribution in [0.3, 0.4) is 0 Å². The fourth-order valence-corrected chi connectivity index (χ4v) is 1.88. The molecule has 1 atom stereocenters. The molecule has 1 unspecified atom stereocenters. The molecule has 0 saturated carbocycles. The van der Waals surface area contributed by atoms with Gasteiger partial charge in [0, 0.05) is 24.8 Å². The highest BCUT2D eigenvalue weighted by molar-refractivity contribution is 7.90. The molecule has 80 valence electrons. The highest BCUT2D eigenvalue weighted by atomic mass is 32.2. The summed E-state index contributed by atoms with van der Waals surface area (Å²) >= 11 is 0. The van der Waals surface area contributed by atoms with Crippen LogP contribution >= 0.6 is 0 Å². The molecule has 0 radical (unpaired) electrons. The van der Waals surface area contributed by atoms with Crippen molar-refractivity contribution >= 4 is 9.84 Å². The molecule has 0 bridgehead atoms. The zero-order valence-corrected chi connectivity index (χ0v) is 9.10. The molecule has 0 heterocycles. The minimum absolute atomic E-state index is 0.0461. The van der Waals surface area contributed by atoms with Gasteiger partial charge in [-0.2, -0.15) is 0 Å². The lowest BCUT2D eigenvalue weighted by atomic mass is 9.83. The van der Waals surface area contributed by atoms with Crippen LogP contribution in [-0.2, 0) is 9.84 Å². The van der Waals surface area contributed by atoms with E-state index in [4.69, 9.17) is 10.8 Å². The van der Waals surface area contributed by atoms with Crippen molar-refractivity contribution in [2.75, 3.05) is 25.2 Å². The number of sulfone groups is 1. The second kappa shape index (κ2) is 4.93. The summed E-state index contributed by atoms with van der Waals surface area (Å²) < 4.78 is 21.8. The molecule has 0 aliphatic rings. The lowest BCUT2D eigenvalue weighted by molar-refractivity contribution is 0.124. The molecule has 4 nitrogen and oxygen atoms in total. The van der Waals surface area contributed by atoms with Gasteiger partial charge < -0.3 is 10.8 Å². The van der Waals surface area contributed by atoms with Gasteiger partial charge in [-0.1, -0.05) is 6.92 Å². The van der Waals surface area contributed by atoms with Crippen LogP contribution in [0.15, 0.2) is 0 Å². The Morgan fingerprint density at radius 2 is 2.00 bits per heavy atom. The average Bonchev–Trinajstić information content (AvgIpc) is 2.06. The standard InChI is InChI=1S/C8H19NO3S/c1-3-8(6-9,7-10)4-5-13(2,11)12/h10H,3-7,9H2,1-2H3. The van der Waals surface area contributed by atoms with Gasteiger partial charge in [0.2, 0.25) is 0 Å². The summed E-state index contributed by atoms with van der Waals surface area (Å²) in [4.78, 5) is 0. The fraction of sp³-hybridized carbons (Fsp3) is 1.00. The van der Waals surface area contributed by atoms with E-state index in [0.29, 0.717) is 19.4 Å². The molecule has 0 aliphatic heterocycles. The molecule has 0 aromatic heterocycles. The zero-order valence-electron chi connectivity index (χ0n) is 8.28. The molecule has 3 N–H and O–H groups in total. The van der Waals surface area contributed by atoms with Gasteiger partial charge in [0.15, 0.2) is 0 Å². The average molecular weight is 209 g/mol. The van der Waals surface area contributed by atoms with E-state index in [1.54, 1.807) is 0 Å². The number of aliphatic hydroxyl groups is 1. The molecular formula is C8H19NO3S. The molecule has 0 amide bonds. The van der Waals surface area contributed by atoms with Crippen molar-refractivity contribution < 1.29 is 13.5 Å². The molecule has 0 spiro atoms. The minimum Gasteiger partial charge on any atom is -0.396 e. The number of hydrogen-bond acceptors (Lipinski definition) is 4. The zero-order chi connectivity index (χ0) is 10.5. The van der Waals surface area contributed by atoms with Gasteiger partial charge in [0.05, 0.1) is 5.75 Å². The molecular weight excluding hydrogens is 190 g/mol. The summed E-state index contributed by atoms with van der Waals surface area (Å²) in [6.45, 7) is 2.19. The third kappa shape index (κ3) is 4.59. The molecule has 0 aliphatic carbocycles. The van der Waals surface area contributed by atoms with Crippen molar-refractivity contribution in [3.63, 3.8) is 0 Å². The van der Waals surface area contributed by atoms with E-state index in [1.165, 1.54) is 6.26 Å². The van der Waals surface area contributed by atoms with E-state index in [1.807, 2.05) is 6.92 Å². The molecule has 5 heteroatoms. The van der Waals surface area contributed by atoms with Gasteiger partial charge >= 0.3 is 0 Å². The van der Waals surface area contributed by atoms with Crippen LogP contribution in [0.25, 0.3) is 0 Å². The third-order valence-corrected chi connectivity index (χ3v) is 3.47. The Morgan fingerprint density at radius 1 is 1.46 bits per heavy atom. The van der Waals surface area contributed by atoms with Crippen molar-refractivity contribution in [1.82, 2.24) is 0 Å². The maximum Gasteiger partial charge on any atom is 0.147 e. The summed E-state index contributed by atoms with van der Waals surface area (Å²) in [5.41, 5.74) is 5.09. The van der Waals surface area contributed by atoms with E-state index in [-0.39, 0.29) is 12.4 Å². The second-order valence-electron chi connectivity index (χ2n) is 3.60. The monoisotopic (exact) mass is 209 g/mol. The molecule has 0 aromatic carbocycles. The summed E-state index contributed by atoms with van der Waals surface area (Å²) in [6, 6.07) is 0. The predicted octanol–water partition coefficient (Wildman–Crippen LogP) is -0.231. The van der Waals surface area contributed by atoms with Crippen LogP contribution in [0.2, 0.25) is 0 Å². The van der Waals surface area contributed by atoms with Crippen molar-refractivity contribution in [3.05, 3.63) is 0 Å². The van der Waals surface area contributed by atoms with Crippen LogP contribution in [0.4, 0.5) is 0 Å². The van der Waals surface area contributed by atoms with Gasteiger partial charge in [-0.05, 0) is 12.8 Å². The molecule has 0 rings (SSSR count). The van der Waals surface area contributed by atoms with Crippen molar-refractivity contribution in [2.45, 2.75) is 19.8 Å². The first-order valence-electron chi connectivity index (χ1n) is 4.38. The maximum absolute atomic E-state index is 10.9. The number of aliphatic hydroxyl groups excluding tert-OH is 1. The largest absolute Gasteiger partial charge is 0.396 e. The molecule has 13 heavy (non-hydrogen) atoms. The first-order valence-corrected chi connectivity index (χ1v) is 6.44. The van der Waals surface area contributed by atoms with Gasteiger partial charge in [-0.3, -0.25) is 0 Å². The highest BCUT2D eigenvalue weighted by Gasteiger charge is 2.26. The number of nitrogens with two attached hydrogens (primary N) is 1. The van der Waals surface area contributed by atoms with E-state index in [0.717, 1.165) is 0 Å². The van der Waals surface area contributed by atoms with Crippen molar-refractivity contribution in [2.24, 2.45) is 11.1 Å². The first kappa shape index (κ1) is 12.9. The van der Waals surface area contributed by atoms with Crippen LogP contribution in [0, 0.1) is 5.41 Å². The van der Waals surface area contributed by atoms with Crippen LogP contribution in [0.5, 0.6) is 0 Å². The van der Waals surface area contributed by atoms with E-state index < -0.39 is 15.3 Å². The Morgan fingerprint density at radius 3 is 2.23 bits per heavy atom. The summed E-state index contributed by atoms with van der Waals surface area (Å²) in [7, 11) is -2.95. The summed E-state index contributed by atoms with van der Waals surface area (Å²) in [6.07, 6.45) is 2.34. The van der Waals surface area contributed by atoms with Gasteiger partial charge in [0.25, 0.3) is 0 Å². The first-order chi connectivity index (χ1) is 5.89. The second-order valence-corrected chi connectivity index (χ2v) is 5.86. The topological polar surface area (TPSA) is 80.4 Å². The van der Waals surface area contributed by atoms with E-state index in [9.17, 15) is 8.42 Å². The predicted molar refractivity (Wildman–Crippen MR) is 53.2 cm³/mol. The van der Waals surface area contributed by atoms with Crippen molar-refractivity contribution in [3.8, 4) is 0 Å². The van der Waals surface area contributed by atoms with Gasteiger partial charge in [-0.25, -0.2) is 8.42 Å². The summed E-state index contributed by atoms with van der Waals surface area (Å²) in [5.74, 6) is 0.0958. The number of hydrogen-bond donors (Lipinski definition) is 2. The van der Waals surface area contributed by atoms with Gasteiger partial charge in [-0.15, -0.1) is 0 Å². The van der Waals surface area contributed by atoms with E-state index in [2.05, 4.69) is 0 Å². The summed E-state index contributed by atoms with van der Waals surface area (Å²) in [5, 5.41) is 9.10. The Kier molecular flexibility index (Phi) is 4.88. The number of rotatable bonds is 6. The molecule has 0 aromatic rings. The van der Waals surface area contributed by atoms with Crippen LogP contribution < -0.4 is 5.73 Å². The Hall–Kier alpha value is -0.130. The molecule has 0 fully saturated rings.